The molecule has 0 saturated heterocycles. The van der Waals surface area contributed by atoms with Crippen LogP contribution in [0.1, 0.15) is 20.8 Å². The van der Waals surface area contributed by atoms with Gasteiger partial charge in [-0.3, -0.25) is 4.98 Å². The van der Waals surface area contributed by atoms with Gasteiger partial charge in [-0.05, 0) is 23.8 Å². The third kappa shape index (κ3) is 3.01. The smallest absolute Gasteiger partial charge is 0.337 e. The number of thiazole rings is 1. The molecule has 0 radical (unpaired) electrons. The Balaban J connectivity index is 2.19. The average molecular weight is 245 g/mol. The van der Waals surface area contributed by atoms with Crippen LogP contribution in [0.2, 0.25) is 0 Å². The van der Waals surface area contributed by atoms with Crippen molar-refractivity contribution in [1.82, 2.24) is 4.98 Å². The van der Waals surface area contributed by atoms with E-state index in [2.05, 4.69) is 9.72 Å². The SMILES string of the molecule is COC(=O)c1cccc(/C=C/c2cncs2)c1. The minimum atomic E-state index is -0.321. The second-order valence-corrected chi connectivity index (χ2v) is 4.27. The van der Waals surface area contributed by atoms with E-state index < -0.39 is 0 Å². The molecule has 0 unspecified atom stereocenters. The molecule has 2 rings (SSSR count). The van der Waals surface area contributed by atoms with Gasteiger partial charge >= 0.3 is 5.97 Å². The Bertz CT molecular complexity index is 532. The van der Waals surface area contributed by atoms with Gasteiger partial charge in [-0.2, -0.15) is 0 Å². The lowest BCUT2D eigenvalue weighted by molar-refractivity contribution is 0.0600. The van der Waals surface area contributed by atoms with Crippen LogP contribution < -0.4 is 0 Å². The summed E-state index contributed by atoms with van der Waals surface area (Å²) in [5.74, 6) is -0.321. The minimum Gasteiger partial charge on any atom is -0.465 e. The van der Waals surface area contributed by atoms with Crippen molar-refractivity contribution in [3.05, 3.63) is 52.0 Å². The Labute approximate surface area is 103 Å². The molecule has 1 aromatic heterocycles. The van der Waals surface area contributed by atoms with Crippen LogP contribution in [0.25, 0.3) is 12.2 Å². The molecule has 1 heterocycles. The van der Waals surface area contributed by atoms with Crippen LogP contribution in [-0.4, -0.2) is 18.1 Å². The van der Waals surface area contributed by atoms with Gasteiger partial charge < -0.3 is 4.74 Å². The van der Waals surface area contributed by atoms with Gasteiger partial charge in [-0.25, -0.2) is 4.79 Å². The number of hydrogen-bond acceptors (Lipinski definition) is 4. The Morgan fingerprint density at radius 1 is 1.41 bits per heavy atom. The van der Waals surface area contributed by atoms with Crippen LogP contribution in [0, 0.1) is 0 Å². The van der Waals surface area contributed by atoms with Crippen LogP contribution in [0.15, 0.2) is 36.0 Å². The van der Waals surface area contributed by atoms with E-state index in [9.17, 15) is 4.79 Å². The number of hydrogen-bond donors (Lipinski definition) is 0. The molecule has 0 aliphatic rings. The van der Waals surface area contributed by atoms with Gasteiger partial charge in [0, 0.05) is 11.1 Å². The third-order valence-corrected chi connectivity index (χ3v) is 2.94. The lowest BCUT2D eigenvalue weighted by Gasteiger charge is -1.99. The first kappa shape index (κ1) is 11.5. The Morgan fingerprint density at radius 2 is 2.29 bits per heavy atom. The molecule has 0 saturated carbocycles. The summed E-state index contributed by atoms with van der Waals surface area (Å²) in [6.45, 7) is 0. The summed E-state index contributed by atoms with van der Waals surface area (Å²) >= 11 is 1.57. The molecule has 1 aromatic carbocycles. The highest BCUT2D eigenvalue weighted by Crippen LogP contribution is 2.13. The van der Waals surface area contributed by atoms with Gasteiger partial charge in [0.15, 0.2) is 0 Å². The minimum absolute atomic E-state index is 0.321. The normalized spacial score (nSPS) is 10.6. The summed E-state index contributed by atoms with van der Waals surface area (Å²) < 4.78 is 4.67. The third-order valence-electron chi connectivity index (χ3n) is 2.20. The number of nitrogens with zero attached hydrogens (tertiary/aromatic N) is 1. The lowest BCUT2D eigenvalue weighted by atomic mass is 10.1. The zero-order chi connectivity index (χ0) is 12.1. The van der Waals surface area contributed by atoms with E-state index in [1.807, 2.05) is 24.3 Å². The van der Waals surface area contributed by atoms with Crippen molar-refractivity contribution >= 4 is 29.5 Å². The van der Waals surface area contributed by atoms with Crippen LogP contribution in [0.3, 0.4) is 0 Å². The molecule has 0 aliphatic carbocycles. The van der Waals surface area contributed by atoms with Crippen molar-refractivity contribution in [2.24, 2.45) is 0 Å². The highest BCUT2D eigenvalue weighted by molar-refractivity contribution is 7.10. The second kappa shape index (κ2) is 5.41. The Morgan fingerprint density at radius 3 is 3.00 bits per heavy atom. The molecule has 0 atom stereocenters. The van der Waals surface area contributed by atoms with Crippen LogP contribution >= 0.6 is 11.3 Å². The Hall–Kier alpha value is -1.94. The Kier molecular flexibility index (Phi) is 3.67. The number of methoxy groups -OCH3 is 1. The quantitative estimate of drug-likeness (QED) is 0.780. The van der Waals surface area contributed by atoms with Gasteiger partial charge in [0.2, 0.25) is 0 Å². The van der Waals surface area contributed by atoms with E-state index in [0.717, 1.165) is 10.4 Å². The summed E-state index contributed by atoms with van der Waals surface area (Å²) in [6, 6.07) is 7.29. The number of carbonyl (C=O) groups excluding carboxylic acids is 1. The summed E-state index contributed by atoms with van der Waals surface area (Å²) in [5, 5.41) is 0. The fraction of sp³-hybridized carbons (Fsp3) is 0.0769. The molecule has 0 amide bonds. The van der Waals surface area contributed by atoms with Crippen LogP contribution in [0.5, 0.6) is 0 Å². The van der Waals surface area contributed by atoms with Crippen molar-refractivity contribution in [2.75, 3.05) is 7.11 Å². The van der Waals surface area contributed by atoms with Crippen molar-refractivity contribution in [3.8, 4) is 0 Å². The summed E-state index contributed by atoms with van der Waals surface area (Å²) in [5.41, 5.74) is 3.30. The van der Waals surface area contributed by atoms with Crippen molar-refractivity contribution in [3.63, 3.8) is 0 Å². The molecule has 0 aliphatic heterocycles. The van der Waals surface area contributed by atoms with Gasteiger partial charge in [0.05, 0.1) is 18.2 Å². The van der Waals surface area contributed by atoms with E-state index in [-0.39, 0.29) is 5.97 Å². The molecule has 0 bridgehead atoms. The topological polar surface area (TPSA) is 39.2 Å². The van der Waals surface area contributed by atoms with Gasteiger partial charge in [0.25, 0.3) is 0 Å². The molecule has 0 N–H and O–H groups in total. The molecule has 86 valence electrons. The van der Waals surface area contributed by atoms with Crippen LogP contribution in [-0.2, 0) is 4.74 Å². The predicted octanol–water partition coefficient (Wildman–Crippen LogP) is 3.10. The van der Waals surface area contributed by atoms with E-state index >= 15 is 0 Å². The molecule has 0 spiro atoms. The fourth-order valence-corrected chi connectivity index (χ4v) is 1.89. The van der Waals surface area contributed by atoms with Gasteiger partial charge in [-0.1, -0.05) is 18.2 Å². The first-order chi connectivity index (χ1) is 8.29. The molecule has 2 aromatic rings. The van der Waals surface area contributed by atoms with E-state index in [1.165, 1.54) is 7.11 Å². The summed E-state index contributed by atoms with van der Waals surface area (Å²) in [7, 11) is 1.38. The molecule has 3 nitrogen and oxygen atoms in total. The number of aromatic nitrogens is 1. The molecule has 4 heteroatoms. The molecular formula is C13H11NO2S. The maximum Gasteiger partial charge on any atom is 0.337 e. The fourth-order valence-electron chi connectivity index (χ4n) is 1.37. The predicted molar refractivity (Wildman–Crippen MR) is 68.8 cm³/mol. The number of rotatable bonds is 3. The highest BCUT2D eigenvalue weighted by Gasteiger charge is 2.03. The monoisotopic (exact) mass is 245 g/mol. The average Bonchev–Trinajstić information content (AvgIpc) is 2.89. The van der Waals surface area contributed by atoms with Gasteiger partial charge in [0.1, 0.15) is 0 Å². The highest BCUT2D eigenvalue weighted by atomic mass is 32.1. The van der Waals surface area contributed by atoms with Gasteiger partial charge in [-0.15, -0.1) is 11.3 Å². The first-order valence-electron chi connectivity index (χ1n) is 5.04. The van der Waals surface area contributed by atoms with Crippen LogP contribution in [0.4, 0.5) is 0 Å². The number of ether oxygens (including phenoxy) is 1. The molecular weight excluding hydrogens is 234 g/mol. The van der Waals surface area contributed by atoms with Crippen molar-refractivity contribution < 1.29 is 9.53 Å². The van der Waals surface area contributed by atoms with Crippen molar-refractivity contribution in [1.29, 1.82) is 0 Å². The van der Waals surface area contributed by atoms with E-state index in [0.29, 0.717) is 5.56 Å². The standard InChI is InChI=1S/C13H11NO2S/c1-16-13(15)11-4-2-3-10(7-11)5-6-12-8-14-9-17-12/h2-9H,1H3/b6-5+. The van der Waals surface area contributed by atoms with E-state index in [4.69, 9.17) is 0 Å². The summed E-state index contributed by atoms with van der Waals surface area (Å²) in [4.78, 5) is 16.4. The van der Waals surface area contributed by atoms with Crippen molar-refractivity contribution in [2.45, 2.75) is 0 Å². The zero-order valence-electron chi connectivity index (χ0n) is 9.29. The molecule has 0 fully saturated rings. The number of esters is 1. The largest absolute Gasteiger partial charge is 0.465 e. The lowest BCUT2D eigenvalue weighted by Crippen LogP contribution is -2.00. The number of carbonyl (C=O) groups is 1. The zero-order valence-corrected chi connectivity index (χ0v) is 10.1. The number of benzene rings is 1. The maximum absolute atomic E-state index is 11.3. The van der Waals surface area contributed by atoms with E-state index in [1.54, 1.807) is 35.2 Å². The molecule has 17 heavy (non-hydrogen) atoms. The maximum atomic E-state index is 11.3. The summed E-state index contributed by atoms with van der Waals surface area (Å²) in [6.07, 6.45) is 5.71. The first-order valence-corrected chi connectivity index (χ1v) is 5.92. The second-order valence-electron chi connectivity index (χ2n) is 3.35.